The van der Waals surface area contributed by atoms with Crippen LogP contribution in [0.5, 0.6) is 0 Å². The zero-order valence-corrected chi connectivity index (χ0v) is 24.2. The van der Waals surface area contributed by atoms with Crippen molar-refractivity contribution in [3.63, 3.8) is 0 Å². The SMILES string of the molecule is CC(=O)O.CC(=O)O.CC(=O)O.CCCCCCCCCCCCCCCCNCCN.[H-].[Na+]. The second kappa shape index (κ2) is 41.6. The monoisotopic (exact) mass is 488 g/mol. The molecule has 0 fully saturated rings. The summed E-state index contributed by atoms with van der Waals surface area (Å²) < 4.78 is 0. The zero-order valence-electron chi connectivity index (χ0n) is 23.2. The molecule has 8 nitrogen and oxygen atoms in total. The van der Waals surface area contributed by atoms with Crippen molar-refractivity contribution in [2.45, 2.75) is 118 Å². The molecule has 0 rings (SSSR count). The number of carboxylic acid groups (broad SMARTS) is 3. The van der Waals surface area contributed by atoms with Crippen LogP contribution in [0.15, 0.2) is 0 Å². The van der Waals surface area contributed by atoms with Crippen molar-refractivity contribution in [2.75, 3.05) is 19.6 Å². The van der Waals surface area contributed by atoms with Crippen LogP contribution < -0.4 is 40.6 Å². The Hall–Kier alpha value is -0.670. The van der Waals surface area contributed by atoms with Crippen molar-refractivity contribution in [3.05, 3.63) is 0 Å². The number of carbonyl (C=O) groups is 3. The minimum atomic E-state index is -0.833. The molecule has 0 aromatic carbocycles. The van der Waals surface area contributed by atoms with Crippen LogP contribution in [0.3, 0.4) is 0 Å². The van der Waals surface area contributed by atoms with Crippen molar-refractivity contribution in [2.24, 2.45) is 5.73 Å². The molecule has 33 heavy (non-hydrogen) atoms. The maximum Gasteiger partial charge on any atom is 1.00 e. The van der Waals surface area contributed by atoms with Crippen LogP contribution in [0.1, 0.15) is 119 Å². The van der Waals surface area contributed by atoms with Gasteiger partial charge < -0.3 is 27.8 Å². The quantitative estimate of drug-likeness (QED) is 0.155. The molecule has 0 aliphatic rings. The normalized spacial score (nSPS) is 9.00. The second-order valence-corrected chi connectivity index (χ2v) is 7.69. The van der Waals surface area contributed by atoms with E-state index in [4.69, 9.17) is 35.4 Å². The Kier molecular flexibility index (Phi) is 53.5. The van der Waals surface area contributed by atoms with Crippen molar-refractivity contribution in [3.8, 4) is 0 Å². The maximum atomic E-state index is 9.00. The van der Waals surface area contributed by atoms with Crippen molar-refractivity contribution >= 4 is 17.9 Å². The van der Waals surface area contributed by atoms with Crippen LogP contribution in [0, 0.1) is 0 Å². The van der Waals surface area contributed by atoms with E-state index in [2.05, 4.69) is 12.2 Å². The molecule has 0 amide bonds. The molecule has 0 aromatic heterocycles. The number of rotatable bonds is 17. The minimum Gasteiger partial charge on any atom is -1.00 e. The first-order valence-corrected chi connectivity index (χ1v) is 12.1. The van der Waals surface area contributed by atoms with E-state index < -0.39 is 17.9 Å². The van der Waals surface area contributed by atoms with Gasteiger partial charge in [-0.1, -0.05) is 90.4 Å². The molecule has 0 saturated heterocycles. The molecule has 0 radical (unpaired) electrons. The Morgan fingerprint density at radius 2 is 0.848 bits per heavy atom. The van der Waals surface area contributed by atoms with Crippen LogP contribution in [-0.2, 0) is 14.4 Å². The van der Waals surface area contributed by atoms with Crippen LogP contribution >= 0.6 is 0 Å². The van der Waals surface area contributed by atoms with Gasteiger partial charge in [0.2, 0.25) is 0 Å². The molecule has 6 N–H and O–H groups in total. The smallest absolute Gasteiger partial charge is 1.00 e. The summed E-state index contributed by atoms with van der Waals surface area (Å²) >= 11 is 0. The second-order valence-electron chi connectivity index (χ2n) is 7.69. The van der Waals surface area contributed by atoms with E-state index >= 15 is 0 Å². The summed E-state index contributed by atoms with van der Waals surface area (Å²) in [6.45, 7) is 8.42. The fraction of sp³-hybridized carbons (Fsp3) is 0.875. The summed E-state index contributed by atoms with van der Waals surface area (Å²) in [5.41, 5.74) is 5.43. The van der Waals surface area contributed by atoms with E-state index in [1.54, 1.807) is 0 Å². The van der Waals surface area contributed by atoms with Gasteiger partial charge in [-0.25, -0.2) is 0 Å². The number of carboxylic acids is 3. The number of nitrogens with one attached hydrogen (secondary N) is 1. The van der Waals surface area contributed by atoms with Gasteiger partial charge in [0.15, 0.2) is 0 Å². The van der Waals surface area contributed by atoms with Gasteiger partial charge in [-0.15, -0.1) is 0 Å². The standard InChI is InChI=1S/C18H40N2.3C2H4O2.Na.H/c1-2-3-4-5-6-7-8-9-10-11-12-13-14-15-17-20-18-16-19;3*1-2(3)4;;/h20H,2-19H2,1H3;3*1H3,(H,3,4);;/q;;;;+1;-1. The van der Waals surface area contributed by atoms with Crippen LogP contribution in [0.4, 0.5) is 0 Å². The molecule has 0 aliphatic carbocycles. The molecule has 0 heterocycles. The predicted octanol–water partition coefficient (Wildman–Crippen LogP) is 2.41. The molecule has 9 heteroatoms. The van der Waals surface area contributed by atoms with Crippen molar-refractivity contribution in [1.82, 2.24) is 5.32 Å². The van der Waals surface area contributed by atoms with Gasteiger partial charge in [0.1, 0.15) is 0 Å². The Balaban J connectivity index is -0.000000116. The minimum absolute atomic E-state index is 0. The molecule has 0 saturated carbocycles. The molecular weight excluding hydrogens is 435 g/mol. The topological polar surface area (TPSA) is 150 Å². The first-order chi connectivity index (χ1) is 15.1. The van der Waals surface area contributed by atoms with Crippen molar-refractivity contribution in [1.29, 1.82) is 0 Å². The van der Waals surface area contributed by atoms with Gasteiger partial charge >= 0.3 is 29.6 Å². The Labute approximate surface area is 226 Å². The van der Waals surface area contributed by atoms with Gasteiger partial charge in [-0.3, -0.25) is 14.4 Å². The van der Waals surface area contributed by atoms with E-state index in [1.807, 2.05) is 0 Å². The summed E-state index contributed by atoms with van der Waals surface area (Å²) in [7, 11) is 0. The van der Waals surface area contributed by atoms with Crippen molar-refractivity contribution < 1.29 is 60.7 Å². The van der Waals surface area contributed by atoms with E-state index in [-0.39, 0.29) is 31.0 Å². The largest absolute Gasteiger partial charge is 1.00 e. The third-order valence-electron chi connectivity index (χ3n) is 4.03. The van der Waals surface area contributed by atoms with Gasteiger partial charge in [-0.2, -0.15) is 0 Å². The fourth-order valence-electron chi connectivity index (χ4n) is 2.67. The summed E-state index contributed by atoms with van der Waals surface area (Å²) in [5, 5.41) is 25.6. The third kappa shape index (κ3) is 101. The van der Waals surface area contributed by atoms with Gasteiger partial charge in [0.05, 0.1) is 0 Å². The molecule has 0 spiro atoms. The molecule has 0 unspecified atom stereocenters. The number of unbranched alkanes of at least 4 members (excludes halogenated alkanes) is 13. The fourth-order valence-corrected chi connectivity index (χ4v) is 2.67. The molecule has 0 aromatic rings. The number of hydrogen-bond acceptors (Lipinski definition) is 5. The summed E-state index contributed by atoms with van der Waals surface area (Å²) in [5.74, 6) is -2.50. The molecule has 0 atom stereocenters. The molecule has 196 valence electrons. The van der Waals surface area contributed by atoms with Crippen LogP contribution in [0.2, 0.25) is 0 Å². The average molecular weight is 489 g/mol. The third-order valence-corrected chi connectivity index (χ3v) is 4.03. The van der Waals surface area contributed by atoms with Gasteiger partial charge in [0.25, 0.3) is 17.9 Å². The van der Waals surface area contributed by atoms with E-state index in [1.165, 1.54) is 89.9 Å². The summed E-state index contributed by atoms with van der Waals surface area (Å²) in [6.07, 6.45) is 20.1. The van der Waals surface area contributed by atoms with Gasteiger partial charge in [0, 0.05) is 33.9 Å². The number of aliphatic carboxylic acids is 3. The van der Waals surface area contributed by atoms with E-state index in [0.29, 0.717) is 0 Å². The summed E-state index contributed by atoms with van der Waals surface area (Å²) in [4.78, 5) is 27.0. The molecule has 0 aliphatic heterocycles. The Morgan fingerprint density at radius 3 is 1.09 bits per heavy atom. The number of hydrogen-bond donors (Lipinski definition) is 5. The van der Waals surface area contributed by atoms with Crippen LogP contribution in [0.25, 0.3) is 0 Å². The Morgan fingerprint density at radius 1 is 0.606 bits per heavy atom. The van der Waals surface area contributed by atoms with Crippen LogP contribution in [-0.4, -0.2) is 52.9 Å². The average Bonchev–Trinajstić information content (AvgIpc) is 2.66. The first kappa shape index (κ1) is 42.5. The maximum absolute atomic E-state index is 9.00. The molecular formula is C24H53N2NaO6. The zero-order chi connectivity index (χ0) is 25.5. The van der Waals surface area contributed by atoms with E-state index in [0.717, 1.165) is 40.4 Å². The number of nitrogens with two attached hydrogens (primary N) is 1. The first-order valence-electron chi connectivity index (χ1n) is 12.1. The van der Waals surface area contributed by atoms with Gasteiger partial charge in [-0.05, 0) is 13.0 Å². The predicted molar refractivity (Wildman–Crippen MR) is 133 cm³/mol. The summed E-state index contributed by atoms with van der Waals surface area (Å²) in [6, 6.07) is 0. The Bertz CT molecular complexity index is 347. The van der Waals surface area contributed by atoms with E-state index in [9.17, 15) is 0 Å². The molecule has 0 bridgehead atoms.